The second-order valence-corrected chi connectivity index (χ2v) is 5.08. The second-order valence-electron chi connectivity index (χ2n) is 5.08. The van der Waals surface area contributed by atoms with Crippen molar-refractivity contribution in [2.24, 2.45) is 5.92 Å². The minimum absolute atomic E-state index is 0.778. The maximum absolute atomic E-state index is 4.53. The molecule has 1 aromatic carbocycles. The van der Waals surface area contributed by atoms with Crippen LogP contribution in [0.3, 0.4) is 0 Å². The lowest BCUT2D eigenvalue weighted by atomic mass is 9.98. The Morgan fingerprint density at radius 1 is 1.35 bits per heavy atom. The Hall–Kier alpha value is -1.35. The van der Waals surface area contributed by atoms with Crippen molar-refractivity contribution in [2.45, 2.75) is 26.3 Å². The first-order valence-corrected chi connectivity index (χ1v) is 6.46. The van der Waals surface area contributed by atoms with Gasteiger partial charge in [0.2, 0.25) is 0 Å². The van der Waals surface area contributed by atoms with Crippen LogP contribution in [0.2, 0.25) is 0 Å². The quantitative estimate of drug-likeness (QED) is 0.856. The lowest BCUT2D eigenvalue weighted by molar-refractivity contribution is 0.325. The minimum atomic E-state index is 0.778. The predicted octanol–water partition coefficient (Wildman–Crippen LogP) is 2.34. The van der Waals surface area contributed by atoms with Crippen molar-refractivity contribution < 1.29 is 0 Å². The van der Waals surface area contributed by atoms with E-state index in [1.54, 1.807) is 0 Å². The smallest absolute Gasteiger partial charge is 0.0682 e. The zero-order chi connectivity index (χ0) is 11.7. The molecular weight excluding hydrogens is 210 g/mol. The van der Waals surface area contributed by atoms with E-state index in [0.717, 1.165) is 25.6 Å². The van der Waals surface area contributed by atoms with Gasteiger partial charge in [0.15, 0.2) is 0 Å². The summed E-state index contributed by atoms with van der Waals surface area (Å²) < 4.78 is 2.17. The van der Waals surface area contributed by atoms with E-state index in [9.17, 15) is 0 Å². The molecule has 1 saturated heterocycles. The number of fused-ring (bicyclic) bond motifs is 1. The molecule has 0 unspecified atom stereocenters. The van der Waals surface area contributed by atoms with Gasteiger partial charge in [-0.05, 0) is 50.9 Å². The largest absolute Gasteiger partial charge is 0.317 e. The van der Waals surface area contributed by atoms with Crippen LogP contribution in [0.1, 0.15) is 18.4 Å². The highest BCUT2D eigenvalue weighted by molar-refractivity contribution is 5.79. The summed E-state index contributed by atoms with van der Waals surface area (Å²) in [4.78, 5) is 0. The Morgan fingerprint density at radius 2 is 2.18 bits per heavy atom. The summed E-state index contributed by atoms with van der Waals surface area (Å²) in [7, 11) is 0. The normalized spacial score (nSPS) is 17.7. The molecule has 1 fully saturated rings. The van der Waals surface area contributed by atoms with Crippen LogP contribution in [-0.2, 0) is 6.54 Å². The van der Waals surface area contributed by atoms with Crippen LogP contribution >= 0.6 is 0 Å². The third-order valence-electron chi connectivity index (χ3n) is 3.69. The summed E-state index contributed by atoms with van der Waals surface area (Å²) >= 11 is 0. The number of hydrogen-bond donors (Lipinski definition) is 1. The molecule has 3 rings (SSSR count). The number of piperidine rings is 1. The van der Waals surface area contributed by atoms with E-state index in [1.165, 1.54) is 29.3 Å². The summed E-state index contributed by atoms with van der Waals surface area (Å²) in [5, 5.41) is 9.20. The predicted molar refractivity (Wildman–Crippen MR) is 70.1 cm³/mol. The molecular formula is C14H19N3. The monoisotopic (exact) mass is 229 g/mol. The number of nitrogens with zero attached hydrogens (tertiary/aromatic N) is 2. The van der Waals surface area contributed by atoms with Crippen LogP contribution in [0.5, 0.6) is 0 Å². The van der Waals surface area contributed by atoms with Gasteiger partial charge < -0.3 is 5.32 Å². The number of hydrogen-bond acceptors (Lipinski definition) is 2. The van der Waals surface area contributed by atoms with E-state index in [4.69, 9.17) is 0 Å². The summed E-state index contributed by atoms with van der Waals surface area (Å²) in [5.74, 6) is 0.778. The first-order chi connectivity index (χ1) is 8.33. The zero-order valence-corrected chi connectivity index (χ0v) is 10.3. The van der Waals surface area contributed by atoms with Crippen LogP contribution < -0.4 is 5.32 Å². The summed E-state index contributed by atoms with van der Waals surface area (Å²) in [6.45, 7) is 5.50. The van der Waals surface area contributed by atoms with E-state index < -0.39 is 0 Å². The second kappa shape index (κ2) is 4.49. The highest BCUT2D eigenvalue weighted by Crippen LogP contribution is 2.19. The molecule has 3 nitrogen and oxygen atoms in total. The van der Waals surface area contributed by atoms with Gasteiger partial charge in [-0.25, -0.2) is 0 Å². The molecule has 1 aliphatic heterocycles. The van der Waals surface area contributed by atoms with Crippen LogP contribution in [0.4, 0.5) is 0 Å². The first-order valence-electron chi connectivity index (χ1n) is 6.46. The molecule has 0 radical (unpaired) electrons. The van der Waals surface area contributed by atoms with Crippen molar-refractivity contribution in [3.8, 4) is 0 Å². The molecule has 1 N–H and O–H groups in total. The molecule has 1 aliphatic rings. The number of rotatable bonds is 2. The molecule has 0 aliphatic carbocycles. The molecule has 0 amide bonds. The maximum Gasteiger partial charge on any atom is 0.0682 e. The Kier molecular flexibility index (Phi) is 2.85. The van der Waals surface area contributed by atoms with Crippen molar-refractivity contribution in [1.29, 1.82) is 0 Å². The van der Waals surface area contributed by atoms with E-state index in [1.807, 2.05) is 6.20 Å². The molecule has 17 heavy (non-hydrogen) atoms. The fraction of sp³-hybridized carbons (Fsp3) is 0.500. The van der Waals surface area contributed by atoms with Gasteiger partial charge in [0.05, 0.1) is 11.7 Å². The van der Waals surface area contributed by atoms with E-state index in [2.05, 4.69) is 40.2 Å². The molecule has 0 spiro atoms. The Bertz CT molecular complexity index is 509. The van der Waals surface area contributed by atoms with E-state index in [0.29, 0.717) is 0 Å². The van der Waals surface area contributed by atoms with Gasteiger partial charge in [-0.15, -0.1) is 0 Å². The van der Waals surface area contributed by atoms with E-state index >= 15 is 0 Å². The van der Waals surface area contributed by atoms with Crippen LogP contribution in [0.25, 0.3) is 10.9 Å². The van der Waals surface area contributed by atoms with Crippen molar-refractivity contribution in [2.75, 3.05) is 13.1 Å². The van der Waals surface area contributed by atoms with E-state index in [-0.39, 0.29) is 0 Å². The summed E-state index contributed by atoms with van der Waals surface area (Å²) in [6.07, 6.45) is 4.53. The molecule has 90 valence electrons. The molecule has 1 aromatic heterocycles. The SMILES string of the molecule is Cc1ccc2c(cnn2CC2CCNCC2)c1. The fourth-order valence-corrected chi connectivity index (χ4v) is 2.66. The van der Waals surface area contributed by atoms with Gasteiger partial charge in [-0.3, -0.25) is 4.68 Å². The molecule has 2 heterocycles. The maximum atomic E-state index is 4.53. The Morgan fingerprint density at radius 3 is 3.00 bits per heavy atom. The van der Waals surface area contributed by atoms with Gasteiger partial charge in [0.1, 0.15) is 0 Å². The Balaban J connectivity index is 1.84. The first kappa shape index (κ1) is 10.8. The van der Waals surface area contributed by atoms with Gasteiger partial charge >= 0.3 is 0 Å². The third kappa shape index (κ3) is 2.20. The summed E-state index contributed by atoms with van der Waals surface area (Å²) in [5.41, 5.74) is 2.58. The molecule has 3 heteroatoms. The Labute approximate surface area is 102 Å². The summed E-state index contributed by atoms with van der Waals surface area (Å²) in [6, 6.07) is 6.57. The molecule has 2 aromatic rings. The molecule has 0 atom stereocenters. The fourth-order valence-electron chi connectivity index (χ4n) is 2.66. The number of aryl methyl sites for hydroxylation is 1. The molecule has 0 saturated carbocycles. The van der Waals surface area contributed by atoms with Gasteiger partial charge in [0, 0.05) is 11.9 Å². The average Bonchev–Trinajstić information content (AvgIpc) is 2.73. The highest BCUT2D eigenvalue weighted by atomic mass is 15.3. The standard InChI is InChI=1S/C14H19N3/c1-11-2-3-14-13(8-11)9-16-17(14)10-12-4-6-15-7-5-12/h2-3,8-9,12,15H,4-7,10H2,1H3. The number of aromatic nitrogens is 2. The van der Waals surface area contributed by atoms with Gasteiger partial charge in [-0.1, -0.05) is 11.6 Å². The van der Waals surface area contributed by atoms with Crippen LogP contribution in [-0.4, -0.2) is 22.9 Å². The van der Waals surface area contributed by atoms with Crippen molar-refractivity contribution >= 4 is 10.9 Å². The zero-order valence-electron chi connectivity index (χ0n) is 10.3. The number of benzene rings is 1. The minimum Gasteiger partial charge on any atom is -0.317 e. The van der Waals surface area contributed by atoms with Crippen molar-refractivity contribution in [3.63, 3.8) is 0 Å². The topological polar surface area (TPSA) is 29.9 Å². The third-order valence-corrected chi connectivity index (χ3v) is 3.69. The average molecular weight is 229 g/mol. The lowest BCUT2D eigenvalue weighted by Gasteiger charge is -2.22. The van der Waals surface area contributed by atoms with Crippen molar-refractivity contribution in [3.05, 3.63) is 30.0 Å². The van der Waals surface area contributed by atoms with Crippen LogP contribution in [0.15, 0.2) is 24.4 Å². The highest BCUT2D eigenvalue weighted by Gasteiger charge is 2.14. The number of nitrogens with one attached hydrogen (secondary N) is 1. The van der Waals surface area contributed by atoms with Crippen LogP contribution in [0, 0.1) is 12.8 Å². The van der Waals surface area contributed by atoms with Gasteiger partial charge in [0.25, 0.3) is 0 Å². The lowest BCUT2D eigenvalue weighted by Crippen LogP contribution is -2.30. The van der Waals surface area contributed by atoms with Gasteiger partial charge in [-0.2, -0.15) is 5.10 Å². The molecule has 0 bridgehead atoms. The van der Waals surface area contributed by atoms with Crippen molar-refractivity contribution in [1.82, 2.24) is 15.1 Å².